The fourth-order valence-electron chi connectivity index (χ4n) is 1.73. The topological polar surface area (TPSA) is 48.1 Å². The van der Waals surface area contributed by atoms with Crippen molar-refractivity contribution >= 4 is 5.82 Å². The van der Waals surface area contributed by atoms with E-state index in [4.69, 9.17) is 10.5 Å². The van der Waals surface area contributed by atoms with E-state index in [1.807, 2.05) is 6.07 Å². The maximum Gasteiger partial charge on any atom is 0.137 e. The fourth-order valence-corrected chi connectivity index (χ4v) is 1.73. The second-order valence-electron chi connectivity index (χ2n) is 4.39. The number of pyridine rings is 1. The van der Waals surface area contributed by atoms with Gasteiger partial charge < -0.3 is 10.5 Å². The van der Waals surface area contributed by atoms with Crippen LogP contribution in [0.15, 0.2) is 18.3 Å². The SMILES string of the molecule is CCCCCCCCCOc1ccc(N)nc1. The van der Waals surface area contributed by atoms with Gasteiger partial charge in [0.05, 0.1) is 12.8 Å². The molecule has 1 aromatic rings. The van der Waals surface area contributed by atoms with E-state index < -0.39 is 0 Å². The Morgan fingerprint density at radius 2 is 1.76 bits per heavy atom. The molecule has 0 aliphatic heterocycles. The molecule has 96 valence electrons. The Bertz CT molecular complexity index is 285. The molecule has 0 saturated heterocycles. The van der Waals surface area contributed by atoms with Crippen LogP contribution in [0.4, 0.5) is 5.82 Å². The van der Waals surface area contributed by atoms with Crippen LogP contribution in [0.1, 0.15) is 51.9 Å². The van der Waals surface area contributed by atoms with Gasteiger partial charge in [0.2, 0.25) is 0 Å². The van der Waals surface area contributed by atoms with Crippen LogP contribution >= 0.6 is 0 Å². The van der Waals surface area contributed by atoms with Crippen LogP contribution < -0.4 is 10.5 Å². The molecule has 0 amide bonds. The van der Waals surface area contributed by atoms with E-state index in [2.05, 4.69) is 11.9 Å². The number of nitrogen functional groups attached to an aromatic ring is 1. The Labute approximate surface area is 104 Å². The lowest BCUT2D eigenvalue weighted by molar-refractivity contribution is 0.303. The zero-order chi connectivity index (χ0) is 12.3. The lowest BCUT2D eigenvalue weighted by atomic mass is 10.1. The van der Waals surface area contributed by atoms with Gasteiger partial charge in [0.25, 0.3) is 0 Å². The summed E-state index contributed by atoms with van der Waals surface area (Å²) in [6.45, 7) is 3.02. The van der Waals surface area contributed by atoms with Gasteiger partial charge in [0.15, 0.2) is 0 Å². The van der Waals surface area contributed by atoms with Gasteiger partial charge in [0, 0.05) is 0 Å². The highest BCUT2D eigenvalue weighted by Gasteiger charge is 1.95. The van der Waals surface area contributed by atoms with Crippen molar-refractivity contribution in [3.05, 3.63) is 18.3 Å². The third kappa shape index (κ3) is 6.82. The van der Waals surface area contributed by atoms with Gasteiger partial charge in [-0.05, 0) is 18.6 Å². The highest BCUT2D eigenvalue weighted by Crippen LogP contribution is 2.11. The van der Waals surface area contributed by atoms with Crippen LogP contribution in [-0.2, 0) is 0 Å². The molecule has 1 heterocycles. The molecule has 0 radical (unpaired) electrons. The van der Waals surface area contributed by atoms with Crippen molar-refractivity contribution in [2.45, 2.75) is 51.9 Å². The number of aromatic nitrogens is 1. The second kappa shape index (κ2) is 8.85. The lowest BCUT2D eigenvalue weighted by Crippen LogP contribution is -1.98. The lowest BCUT2D eigenvalue weighted by Gasteiger charge is -2.05. The standard InChI is InChI=1S/C14H24N2O/c1-2-3-4-5-6-7-8-11-17-13-9-10-14(15)16-12-13/h9-10,12H,2-8,11H2,1H3,(H2,15,16). The minimum Gasteiger partial charge on any atom is -0.492 e. The maximum absolute atomic E-state index is 5.57. The Balaban J connectivity index is 1.95. The predicted molar refractivity (Wildman–Crippen MR) is 72.1 cm³/mol. The van der Waals surface area contributed by atoms with E-state index in [0.29, 0.717) is 5.82 Å². The summed E-state index contributed by atoms with van der Waals surface area (Å²) in [5.74, 6) is 1.35. The number of hydrogen-bond acceptors (Lipinski definition) is 3. The Morgan fingerprint density at radius 3 is 2.41 bits per heavy atom. The van der Waals surface area contributed by atoms with E-state index in [9.17, 15) is 0 Å². The monoisotopic (exact) mass is 236 g/mol. The molecule has 0 unspecified atom stereocenters. The first-order chi connectivity index (χ1) is 8.33. The van der Waals surface area contributed by atoms with Crippen LogP contribution in [0.5, 0.6) is 5.75 Å². The van der Waals surface area contributed by atoms with Crippen LogP contribution in [0, 0.1) is 0 Å². The predicted octanol–water partition coefficient (Wildman–Crippen LogP) is 3.79. The molecule has 0 aliphatic carbocycles. The molecule has 3 heteroatoms. The fraction of sp³-hybridized carbons (Fsp3) is 0.643. The molecule has 0 aliphatic rings. The third-order valence-corrected chi connectivity index (χ3v) is 2.78. The van der Waals surface area contributed by atoms with Gasteiger partial charge in [-0.2, -0.15) is 0 Å². The molecule has 0 fully saturated rings. The van der Waals surface area contributed by atoms with Crippen LogP contribution in [0.25, 0.3) is 0 Å². The highest BCUT2D eigenvalue weighted by atomic mass is 16.5. The minimum atomic E-state index is 0.535. The summed E-state index contributed by atoms with van der Waals surface area (Å²) in [6, 6.07) is 3.63. The van der Waals surface area contributed by atoms with Gasteiger partial charge in [-0.3, -0.25) is 0 Å². The largest absolute Gasteiger partial charge is 0.492 e. The molecule has 1 rings (SSSR count). The van der Waals surface area contributed by atoms with Gasteiger partial charge in [-0.1, -0.05) is 45.4 Å². The molecule has 0 saturated carbocycles. The molecular formula is C14H24N2O. The molecule has 0 aromatic carbocycles. The Hall–Kier alpha value is -1.25. The van der Waals surface area contributed by atoms with Gasteiger partial charge in [-0.25, -0.2) is 4.98 Å². The molecular weight excluding hydrogens is 212 g/mol. The van der Waals surface area contributed by atoms with Crippen molar-refractivity contribution in [3.63, 3.8) is 0 Å². The number of nitrogens with two attached hydrogens (primary N) is 1. The highest BCUT2D eigenvalue weighted by molar-refractivity contribution is 5.31. The van der Waals surface area contributed by atoms with Gasteiger partial charge in [-0.15, -0.1) is 0 Å². The summed E-state index contributed by atoms with van der Waals surface area (Å²) in [7, 11) is 0. The minimum absolute atomic E-state index is 0.535. The number of anilines is 1. The van der Waals surface area contributed by atoms with Crippen molar-refractivity contribution < 1.29 is 4.74 Å². The number of nitrogens with zero attached hydrogens (tertiary/aromatic N) is 1. The summed E-state index contributed by atoms with van der Waals surface area (Å²) < 4.78 is 5.57. The molecule has 0 spiro atoms. The van der Waals surface area contributed by atoms with Crippen molar-refractivity contribution in [2.75, 3.05) is 12.3 Å². The Morgan fingerprint density at radius 1 is 1.06 bits per heavy atom. The molecule has 3 nitrogen and oxygen atoms in total. The van der Waals surface area contributed by atoms with Gasteiger partial charge in [0.1, 0.15) is 11.6 Å². The summed E-state index contributed by atoms with van der Waals surface area (Å²) >= 11 is 0. The summed E-state index contributed by atoms with van der Waals surface area (Å²) in [6.07, 6.45) is 10.8. The second-order valence-corrected chi connectivity index (χ2v) is 4.39. The van der Waals surface area contributed by atoms with E-state index in [1.165, 1.54) is 38.5 Å². The summed E-state index contributed by atoms with van der Waals surface area (Å²) in [4.78, 5) is 3.98. The van der Waals surface area contributed by atoms with E-state index in [-0.39, 0.29) is 0 Å². The zero-order valence-electron chi connectivity index (χ0n) is 10.8. The average Bonchev–Trinajstić information content (AvgIpc) is 2.35. The number of unbranched alkanes of at least 4 members (excludes halogenated alkanes) is 6. The van der Waals surface area contributed by atoms with E-state index >= 15 is 0 Å². The number of rotatable bonds is 9. The summed E-state index contributed by atoms with van der Waals surface area (Å²) in [5.41, 5.74) is 5.49. The number of ether oxygens (including phenoxy) is 1. The first-order valence-electron chi connectivity index (χ1n) is 6.67. The van der Waals surface area contributed by atoms with E-state index in [1.54, 1.807) is 12.3 Å². The molecule has 17 heavy (non-hydrogen) atoms. The molecule has 0 bridgehead atoms. The maximum atomic E-state index is 5.57. The van der Waals surface area contributed by atoms with Crippen molar-refractivity contribution in [3.8, 4) is 5.75 Å². The van der Waals surface area contributed by atoms with Gasteiger partial charge >= 0.3 is 0 Å². The quantitative estimate of drug-likeness (QED) is 0.663. The van der Waals surface area contributed by atoms with Crippen LogP contribution in [0.2, 0.25) is 0 Å². The summed E-state index contributed by atoms with van der Waals surface area (Å²) in [5, 5.41) is 0. The third-order valence-electron chi connectivity index (χ3n) is 2.78. The normalized spacial score (nSPS) is 10.4. The zero-order valence-corrected chi connectivity index (χ0v) is 10.8. The molecule has 0 atom stereocenters. The molecule has 2 N–H and O–H groups in total. The first-order valence-corrected chi connectivity index (χ1v) is 6.67. The van der Waals surface area contributed by atoms with Crippen LogP contribution in [0.3, 0.4) is 0 Å². The van der Waals surface area contributed by atoms with E-state index in [0.717, 1.165) is 18.8 Å². The molecule has 1 aromatic heterocycles. The average molecular weight is 236 g/mol. The number of hydrogen-bond donors (Lipinski definition) is 1. The van der Waals surface area contributed by atoms with Crippen molar-refractivity contribution in [1.82, 2.24) is 4.98 Å². The van der Waals surface area contributed by atoms with Crippen molar-refractivity contribution in [1.29, 1.82) is 0 Å². The van der Waals surface area contributed by atoms with Crippen LogP contribution in [-0.4, -0.2) is 11.6 Å². The first kappa shape index (κ1) is 13.8. The van der Waals surface area contributed by atoms with Crippen molar-refractivity contribution in [2.24, 2.45) is 0 Å². The Kier molecular flexibility index (Phi) is 7.19. The smallest absolute Gasteiger partial charge is 0.137 e.